The predicted octanol–water partition coefficient (Wildman–Crippen LogP) is 0.727. The van der Waals surface area contributed by atoms with Crippen molar-refractivity contribution in [2.45, 2.75) is 13.8 Å². The third-order valence-corrected chi connectivity index (χ3v) is 0. The van der Waals surface area contributed by atoms with Crippen molar-refractivity contribution < 1.29 is 0 Å². The van der Waals surface area contributed by atoms with Gasteiger partial charge in [0, 0.05) is 5.54 Å². The van der Waals surface area contributed by atoms with E-state index in [1.54, 1.807) is 0 Å². The van der Waals surface area contributed by atoms with Crippen LogP contribution in [0.25, 0.3) is 0 Å². The Kier molecular flexibility index (Phi) is 1.44. The molecule has 0 bridgehead atoms. The van der Waals surface area contributed by atoms with E-state index in [1.807, 2.05) is 13.8 Å². The van der Waals surface area contributed by atoms with Crippen LogP contribution in [0.2, 0.25) is 0 Å². The van der Waals surface area contributed by atoms with Crippen LogP contribution in [0, 0.1) is 5.54 Å². The molecule has 4 heavy (non-hydrogen) atoms. The van der Waals surface area contributed by atoms with E-state index in [9.17, 15) is 0 Å². The van der Waals surface area contributed by atoms with Gasteiger partial charge in [-0.3, -0.25) is 0 Å². The first-order valence-electron chi connectivity index (χ1n) is 1.25. The monoisotopic (exact) mass is 70.0 g/mol. The van der Waals surface area contributed by atoms with E-state index in [0.29, 0.717) is 0 Å². The summed E-state index contributed by atoms with van der Waals surface area (Å²) in [7, 11) is 3.23. The summed E-state index contributed by atoms with van der Waals surface area (Å²) < 4.78 is 0. The van der Waals surface area contributed by atoms with Gasteiger partial charge in [-0.25, -0.2) is 0 Å². The molecule has 0 amide bonds. The van der Waals surface area contributed by atoms with Crippen LogP contribution in [0.3, 0.4) is 0 Å². The fourth-order valence-corrected chi connectivity index (χ4v) is 0. The van der Waals surface area contributed by atoms with Gasteiger partial charge < -0.3 is 0 Å². The quantitative estimate of drug-likeness (QED) is 0.291. The number of hydrogen-bond donors (Lipinski definition) is 0. The fourth-order valence-electron chi connectivity index (χ4n) is 0. The molecule has 0 N–H and O–H groups in total. The second-order valence-corrected chi connectivity index (χ2v) is 2.00. The van der Waals surface area contributed by atoms with Gasteiger partial charge in [0.25, 0.3) is 0 Å². The summed E-state index contributed by atoms with van der Waals surface area (Å²) in [6.07, 6.45) is 0. The predicted molar refractivity (Wildman–Crippen MR) is 20.3 cm³/mol. The van der Waals surface area contributed by atoms with Crippen LogP contribution in [0.4, 0.5) is 0 Å². The molecule has 0 aliphatic rings. The third-order valence-electron chi connectivity index (χ3n) is 0. The molecule has 0 heterocycles. The molecule has 0 spiro atoms. The maximum Gasteiger partial charge on any atom is 0.391 e. The van der Waals surface area contributed by atoms with Crippen LogP contribution in [0.5, 0.6) is 0 Å². The van der Waals surface area contributed by atoms with E-state index in [0.717, 1.165) is 0 Å². The molecule has 0 atom stereocenters. The van der Waals surface area contributed by atoms with Crippen LogP contribution < -0.4 is 0 Å². The first kappa shape index (κ1) is 4.09. The summed E-state index contributed by atoms with van der Waals surface area (Å²) in [6.45, 7) is 3.99. The zero-order valence-electron chi connectivity index (χ0n) is 3.00. The minimum atomic E-state index is 1.22. The van der Waals surface area contributed by atoms with Crippen molar-refractivity contribution in [2.75, 3.05) is 0 Å². The SMILES string of the molecule is C[C+](C)[Si]. The highest BCUT2D eigenvalue weighted by Crippen LogP contribution is 1.77. The second-order valence-electron chi connectivity index (χ2n) is 1.00. The fraction of sp³-hybridized carbons (Fsp3) is 0.667. The molecule has 0 unspecified atom stereocenters. The van der Waals surface area contributed by atoms with E-state index >= 15 is 0 Å². The van der Waals surface area contributed by atoms with Crippen molar-refractivity contribution in [3.63, 3.8) is 0 Å². The van der Waals surface area contributed by atoms with Crippen LogP contribution in [0.1, 0.15) is 13.8 Å². The summed E-state index contributed by atoms with van der Waals surface area (Å²) in [4.78, 5) is 0. The van der Waals surface area contributed by atoms with Gasteiger partial charge in [0.1, 0.15) is 0 Å². The summed E-state index contributed by atoms with van der Waals surface area (Å²) >= 11 is 0. The molecule has 0 aliphatic carbocycles. The summed E-state index contributed by atoms with van der Waals surface area (Å²) in [5, 5.41) is 0. The molecule has 0 aromatic carbocycles. The van der Waals surface area contributed by atoms with Crippen LogP contribution in [-0.2, 0) is 0 Å². The normalized spacial score (nSPS) is 6.75. The van der Waals surface area contributed by atoms with Crippen molar-refractivity contribution in [1.29, 1.82) is 0 Å². The Hall–Kier alpha value is 0.0869. The van der Waals surface area contributed by atoms with E-state index in [4.69, 9.17) is 0 Å². The Morgan fingerprint density at radius 3 is 1.50 bits per heavy atom. The van der Waals surface area contributed by atoms with E-state index in [2.05, 4.69) is 10.2 Å². The lowest BCUT2D eigenvalue weighted by molar-refractivity contribution is 1.32. The minimum Gasteiger partial charge on any atom is 0.0379 e. The van der Waals surface area contributed by atoms with Crippen molar-refractivity contribution >= 4 is 10.2 Å². The highest BCUT2D eigenvalue weighted by atomic mass is 28.1. The van der Waals surface area contributed by atoms with Crippen molar-refractivity contribution in [3.05, 3.63) is 5.54 Å². The molecule has 0 fully saturated rings. The Labute approximate surface area is 30.6 Å². The molecule has 0 saturated carbocycles. The zero-order valence-corrected chi connectivity index (χ0v) is 4.00. The van der Waals surface area contributed by atoms with Gasteiger partial charge in [-0.05, 0) is 0 Å². The lowest BCUT2D eigenvalue weighted by Crippen LogP contribution is -1.73. The number of hydrogen-bond acceptors (Lipinski definition) is 0. The van der Waals surface area contributed by atoms with Gasteiger partial charge in [0.05, 0.1) is 13.8 Å². The minimum absolute atomic E-state index is 1.22. The maximum absolute atomic E-state index is 3.23. The van der Waals surface area contributed by atoms with Gasteiger partial charge >= 0.3 is 10.2 Å². The topological polar surface area (TPSA) is 0 Å². The second kappa shape index (κ2) is 1.41. The van der Waals surface area contributed by atoms with Gasteiger partial charge in [-0.2, -0.15) is 0 Å². The van der Waals surface area contributed by atoms with Crippen molar-refractivity contribution in [1.82, 2.24) is 0 Å². The Bertz CT molecular complexity index is 8.00. The molecule has 1 heteroatoms. The van der Waals surface area contributed by atoms with Crippen molar-refractivity contribution in [3.8, 4) is 0 Å². The third kappa shape index (κ3) is 327. The summed E-state index contributed by atoms with van der Waals surface area (Å²) in [5.74, 6) is 0. The molecule has 0 saturated heterocycles. The Morgan fingerprint density at radius 2 is 1.50 bits per heavy atom. The average Bonchev–Trinajstić information content (AvgIpc) is 0.811. The summed E-state index contributed by atoms with van der Waals surface area (Å²) in [6, 6.07) is 0. The lowest BCUT2D eigenvalue weighted by Gasteiger charge is -1.63. The first-order valence-corrected chi connectivity index (χ1v) is 1.75. The van der Waals surface area contributed by atoms with Gasteiger partial charge in [-0.15, -0.1) is 0 Å². The molecule has 0 nitrogen and oxygen atoms in total. The van der Waals surface area contributed by atoms with Gasteiger partial charge in [0.2, 0.25) is 0 Å². The molecule has 0 aromatic heterocycles. The van der Waals surface area contributed by atoms with Crippen LogP contribution in [-0.4, -0.2) is 10.2 Å². The van der Waals surface area contributed by atoms with E-state index in [1.165, 1.54) is 5.54 Å². The molecule has 0 rings (SSSR count). The highest BCUT2D eigenvalue weighted by Gasteiger charge is 1.85. The van der Waals surface area contributed by atoms with Gasteiger partial charge in [0.15, 0.2) is 0 Å². The van der Waals surface area contributed by atoms with Crippen molar-refractivity contribution in [2.24, 2.45) is 0 Å². The smallest absolute Gasteiger partial charge is 0.0379 e. The zero-order chi connectivity index (χ0) is 3.58. The molecule has 21 valence electrons. The van der Waals surface area contributed by atoms with Gasteiger partial charge in [-0.1, -0.05) is 0 Å². The standard InChI is InChI=1S/C3H6Si/c1-3(2)4/h1-2H3/q+1. The molecular weight excluding hydrogens is 64.1 g/mol. The molecular formula is C3H6Si+. The number of rotatable bonds is 0. The Balaban J connectivity index is 2.32. The molecule has 0 aliphatic heterocycles. The Morgan fingerprint density at radius 1 is 1.50 bits per heavy atom. The van der Waals surface area contributed by atoms with Crippen LogP contribution in [0.15, 0.2) is 0 Å². The first-order chi connectivity index (χ1) is 1.73. The maximum atomic E-state index is 3.23. The lowest BCUT2D eigenvalue weighted by atomic mass is 10.6. The summed E-state index contributed by atoms with van der Waals surface area (Å²) in [5.41, 5.74) is 1.22. The van der Waals surface area contributed by atoms with E-state index < -0.39 is 0 Å². The largest absolute Gasteiger partial charge is 0.391 e. The average molecular weight is 70.2 g/mol. The molecule has 3 radical (unpaired) electrons. The van der Waals surface area contributed by atoms with E-state index in [-0.39, 0.29) is 0 Å². The molecule has 0 aromatic rings. The highest BCUT2D eigenvalue weighted by molar-refractivity contribution is 6.17. The van der Waals surface area contributed by atoms with Crippen LogP contribution >= 0.6 is 0 Å².